The van der Waals surface area contributed by atoms with E-state index in [4.69, 9.17) is 14.2 Å². The molecule has 37 heavy (non-hydrogen) atoms. The second-order valence-corrected chi connectivity index (χ2v) is 9.16. The highest BCUT2D eigenvalue weighted by Crippen LogP contribution is 2.31. The van der Waals surface area contributed by atoms with Crippen LogP contribution in [0.15, 0.2) is 54.6 Å². The maximum atomic E-state index is 13.5. The maximum Gasteiger partial charge on any atom is 0.337 e. The van der Waals surface area contributed by atoms with Gasteiger partial charge in [0.15, 0.2) is 0 Å². The summed E-state index contributed by atoms with van der Waals surface area (Å²) in [5.74, 6) is -0.169. The number of ether oxygens (including phenoxy) is 3. The average molecular weight is 509 g/mol. The van der Waals surface area contributed by atoms with Crippen LogP contribution in [-0.2, 0) is 14.3 Å². The number of carbonyl (C=O) groups is 2. The van der Waals surface area contributed by atoms with Gasteiger partial charge in [0.05, 0.1) is 36.0 Å². The molecule has 1 atom stereocenters. The van der Waals surface area contributed by atoms with Crippen molar-refractivity contribution in [1.29, 1.82) is 0 Å². The van der Waals surface area contributed by atoms with Crippen molar-refractivity contribution in [2.45, 2.75) is 45.6 Å². The Labute approximate surface area is 218 Å². The van der Waals surface area contributed by atoms with Crippen LogP contribution in [0.1, 0.15) is 49.9 Å². The SMILES string of the molecule is CC[C@H](C)CCCC(=O)N(c1ccc(Oc2ccc3ccccc3n2)cc1C(=O)O)C(COC)COC. The fourth-order valence-electron chi connectivity index (χ4n) is 4.23. The van der Waals surface area contributed by atoms with Gasteiger partial charge in [-0.05, 0) is 42.7 Å². The molecule has 8 heteroatoms. The maximum absolute atomic E-state index is 13.5. The monoisotopic (exact) mass is 508 g/mol. The van der Waals surface area contributed by atoms with Crippen LogP contribution in [0.3, 0.4) is 0 Å². The van der Waals surface area contributed by atoms with Gasteiger partial charge in [0.1, 0.15) is 5.75 Å². The first kappa shape index (κ1) is 28.1. The Morgan fingerprint density at radius 2 is 1.76 bits per heavy atom. The number of carboxylic acids is 1. The predicted molar refractivity (Wildman–Crippen MR) is 144 cm³/mol. The van der Waals surface area contributed by atoms with E-state index in [2.05, 4.69) is 18.8 Å². The number of pyridine rings is 1. The number of amides is 1. The Kier molecular flexibility index (Phi) is 10.4. The van der Waals surface area contributed by atoms with E-state index in [0.29, 0.717) is 30.4 Å². The third-order valence-electron chi connectivity index (χ3n) is 6.39. The fourth-order valence-corrected chi connectivity index (χ4v) is 4.23. The van der Waals surface area contributed by atoms with E-state index in [1.165, 1.54) is 11.0 Å². The highest BCUT2D eigenvalue weighted by molar-refractivity contribution is 6.02. The van der Waals surface area contributed by atoms with Crippen LogP contribution >= 0.6 is 0 Å². The number of hydrogen-bond donors (Lipinski definition) is 1. The summed E-state index contributed by atoms with van der Waals surface area (Å²) in [5.41, 5.74) is 0.996. The van der Waals surface area contributed by atoms with Gasteiger partial charge in [-0.1, -0.05) is 44.9 Å². The number of rotatable bonds is 14. The van der Waals surface area contributed by atoms with E-state index in [1.54, 1.807) is 32.4 Å². The Bertz CT molecular complexity index is 1190. The summed E-state index contributed by atoms with van der Waals surface area (Å²) in [6, 6.07) is 15.5. The molecule has 0 radical (unpaired) electrons. The fraction of sp³-hybridized carbons (Fsp3) is 0.414. The standard InChI is InChI=1S/C29H36N2O6/c1-5-20(2)9-8-12-28(32)31(22(18-35-3)19-36-4)26-15-14-23(17-24(26)29(33)34)37-27-16-13-21-10-6-7-11-25(21)30-27/h6-7,10-11,13-17,20,22H,5,8-9,12,18-19H2,1-4H3,(H,33,34)/t20-/m0/s1. The first-order chi connectivity index (χ1) is 17.9. The molecule has 1 N–H and O–H groups in total. The molecular weight excluding hydrogens is 472 g/mol. The van der Waals surface area contributed by atoms with Gasteiger partial charge in [0, 0.05) is 32.1 Å². The van der Waals surface area contributed by atoms with Crippen molar-refractivity contribution >= 4 is 28.5 Å². The van der Waals surface area contributed by atoms with E-state index in [-0.39, 0.29) is 30.4 Å². The summed E-state index contributed by atoms with van der Waals surface area (Å²) < 4.78 is 16.6. The minimum absolute atomic E-state index is 0.0502. The number of aromatic carboxylic acids is 1. The van der Waals surface area contributed by atoms with Crippen molar-refractivity contribution in [2.75, 3.05) is 32.3 Å². The molecule has 3 rings (SSSR count). The molecule has 0 saturated carbocycles. The van der Waals surface area contributed by atoms with E-state index in [9.17, 15) is 14.7 Å². The number of benzene rings is 2. The van der Waals surface area contributed by atoms with Crippen LogP contribution < -0.4 is 9.64 Å². The zero-order chi connectivity index (χ0) is 26.8. The summed E-state index contributed by atoms with van der Waals surface area (Å²) in [6.45, 7) is 4.68. The molecule has 0 unspecified atom stereocenters. The van der Waals surface area contributed by atoms with Gasteiger partial charge in [-0.15, -0.1) is 0 Å². The molecule has 0 fully saturated rings. The van der Waals surface area contributed by atoms with Crippen molar-refractivity contribution in [3.63, 3.8) is 0 Å². The van der Waals surface area contributed by atoms with E-state index < -0.39 is 12.0 Å². The summed E-state index contributed by atoms with van der Waals surface area (Å²) in [4.78, 5) is 31.8. The minimum atomic E-state index is -1.17. The lowest BCUT2D eigenvalue weighted by Crippen LogP contribution is -2.46. The number of aromatic nitrogens is 1. The molecule has 198 valence electrons. The minimum Gasteiger partial charge on any atom is -0.478 e. The molecule has 1 amide bonds. The number of nitrogens with zero attached hydrogens (tertiary/aromatic N) is 2. The molecule has 3 aromatic rings. The van der Waals surface area contributed by atoms with Crippen LogP contribution in [0.5, 0.6) is 11.6 Å². The Balaban J connectivity index is 1.94. The lowest BCUT2D eigenvalue weighted by molar-refractivity contribution is -0.119. The summed E-state index contributed by atoms with van der Waals surface area (Å²) in [6.07, 6.45) is 2.98. The highest BCUT2D eigenvalue weighted by atomic mass is 16.5. The molecule has 8 nitrogen and oxygen atoms in total. The zero-order valence-electron chi connectivity index (χ0n) is 22.0. The Hall–Kier alpha value is -3.49. The number of fused-ring (bicyclic) bond motifs is 1. The van der Waals surface area contributed by atoms with Crippen LogP contribution in [0, 0.1) is 5.92 Å². The Morgan fingerprint density at radius 1 is 1.03 bits per heavy atom. The molecule has 1 heterocycles. The molecule has 0 saturated heterocycles. The summed E-state index contributed by atoms with van der Waals surface area (Å²) in [5, 5.41) is 11.1. The van der Waals surface area contributed by atoms with Gasteiger partial charge in [-0.3, -0.25) is 4.79 Å². The third kappa shape index (κ3) is 7.50. The van der Waals surface area contributed by atoms with Crippen molar-refractivity contribution < 1.29 is 28.9 Å². The molecule has 0 aliphatic rings. The molecule has 0 aliphatic heterocycles. The van der Waals surface area contributed by atoms with Gasteiger partial charge < -0.3 is 24.2 Å². The second kappa shape index (κ2) is 13.7. The smallest absolute Gasteiger partial charge is 0.337 e. The van der Waals surface area contributed by atoms with Gasteiger partial charge in [0.2, 0.25) is 11.8 Å². The van der Waals surface area contributed by atoms with E-state index in [0.717, 1.165) is 23.7 Å². The number of carbonyl (C=O) groups excluding carboxylic acids is 1. The van der Waals surface area contributed by atoms with Crippen LogP contribution in [0.4, 0.5) is 5.69 Å². The van der Waals surface area contributed by atoms with Crippen molar-refractivity contribution in [1.82, 2.24) is 4.98 Å². The average Bonchev–Trinajstić information content (AvgIpc) is 2.89. The topological polar surface area (TPSA) is 98.2 Å². The van der Waals surface area contributed by atoms with Crippen LogP contribution in [0.25, 0.3) is 10.9 Å². The van der Waals surface area contributed by atoms with Gasteiger partial charge in [-0.25, -0.2) is 9.78 Å². The largest absolute Gasteiger partial charge is 0.478 e. The van der Waals surface area contributed by atoms with Crippen LogP contribution in [-0.4, -0.2) is 55.4 Å². The van der Waals surface area contributed by atoms with Crippen LogP contribution in [0.2, 0.25) is 0 Å². The van der Waals surface area contributed by atoms with Gasteiger partial charge in [0.25, 0.3) is 0 Å². The lowest BCUT2D eigenvalue weighted by Gasteiger charge is -2.32. The highest BCUT2D eigenvalue weighted by Gasteiger charge is 2.29. The molecule has 0 aliphatic carbocycles. The van der Waals surface area contributed by atoms with E-state index >= 15 is 0 Å². The van der Waals surface area contributed by atoms with E-state index in [1.807, 2.05) is 30.3 Å². The molecular formula is C29H36N2O6. The first-order valence-electron chi connectivity index (χ1n) is 12.6. The predicted octanol–water partition coefficient (Wildman–Crippen LogP) is 5.94. The number of hydrogen-bond acceptors (Lipinski definition) is 6. The lowest BCUT2D eigenvalue weighted by atomic mass is 10.0. The van der Waals surface area contributed by atoms with Gasteiger partial charge in [-0.2, -0.15) is 0 Å². The number of anilines is 1. The second-order valence-electron chi connectivity index (χ2n) is 9.16. The van der Waals surface area contributed by atoms with Gasteiger partial charge >= 0.3 is 5.97 Å². The first-order valence-corrected chi connectivity index (χ1v) is 12.6. The van der Waals surface area contributed by atoms with Crippen molar-refractivity contribution in [2.24, 2.45) is 5.92 Å². The molecule has 1 aromatic heterocycles. The molecule has 2 aromatic carbocycles. The number of carboxylic acid groups (broad SMARTS) is 1. The third-order valence-corrected chi connectivity index (χ3v) is 6.39. The molecule has 0 spiro atoms. The number of methoxy groups -OCH3 is 2. The zero-order valence-corrected chi connectivity index (χ0v) is 22.0. The van der Waals surface area contributed by atoms with Crippen molar-refractivity contribution in [3.8, 4) is 11.6 Å². The summed E-state index contributed by atoms with van der Waals surface area (Å²) in [7, 11) is 3.08. The number of para-hydroxylation sites is 1. The molecule has 0 bridgehead atoms. The quantitative estimate of drug-likeness (QED) is 0.288. The summed E-state index contributed by atoms with van der Waals surface area (Å²) >= 11 is 0. The van der Waals surface area contributed by atoms with Crippen molar-refractivity contribution in [3.05, 3.63) is 60.2 Å². The normalized spacial score (nSPS) is 12.0. The Morgan fingerprint density at radius 3 is 2.43 bits per heavy atom.